The molecule has 2 aromatic heterocycles. The first-order valence-corrected chi connectivity index (χ1v) is 9.30. The van der Waals surface area contributed by atoms with E-state index in [2.05, 4.69) is 20.8 Å². The zero-order valence-corrected chi connectivity index (χ0v) is 17.2. The van der Waals surface area contributed by atoms with Gasteiger partial charge in [-0.15, -0.1) is 0 Å². The van der Waals surface area contributed by atoms with E-state index >= 15 is 0 Å². The maximum atomic E-state index is 12.3. The topological polar surface area (TPSA) is 143 Å². The van der Waals surface area contributed by atoms with Crippen LogP contribution in [0.25, 0.3) is 0 Å². The Labute approximate surface area is 172 Å². The molecule has 0 saturated heterocycles. The number of aromatic nitrogens is 2. The predicted octanol–water partition coefficient (Wildman–Crippen LogP) is 2.45. The molecule has 2 heterocycles. The molecule has 0 radical (unpaired) electrons. The Balaban J connectivity index is 0.00000155. The lowest BCUT2D eigenvalue weighted by Gasteiger charge is -2.16. The molecule has 3 rings (SSSR count). The second-order valence-electron chi connectivity index (χ2n) is 6.12. The predicted molar refractivity (Wildman–Crippen MR) is 114 cm³/mol. The van der Waals surface area contributed by atoms with Gasteiger partial charge in [-0.05, 0) is 24.3 Å². The van der Waals surface area contributed by atoms with Crippen LogP contribution < -0.4 is 21.8 Å². The molecule has 0 atom stereocenters. The van der Waals surface area contributed by atoms with Gasteiger partial charge in [0.25, 0.3) is 17.0 Å². The lowest BCUT2D eigenvalue weighted by atomic mass is 10.1. The maximum absolute atomic E-state index is 12.3. The number of hydrogen-bond donors (Lipinski definition) is 5. The lowest BCUT2D eigenvalue weighted by Crippen LogP contribution is -2.26. The van der Waals surface area contributed by atoms with E-state index in [9.17, 15) is 19.5 Å². The van der Waals surface area contributed by atoms with Crippen LogP contribution in [0.3, 0.4) is 0 Å². The number of amides is 1. The van der Waals surface area contributed by atoms with Gasteiger partial charge < -0.3 is 25.1 Å². The summed E-state index contributed by atoms with van der Waals surface area (Å²) in [6.07, 6.45) is 1.49. The Morgan fingerprint density at radius 3 is 2.33 bits per heavy atom. The van der Waals surface area contributed by atoms with Gasteiger partial charge in [0.05, 0.1) is 24.1 Å². The van der Waals surface area contributed by atoms with Gasteiger partial charge in [0.2, 0.25) is 0 Å². The van der Waals surface area contributed by atoms with Gasteiger partial charge in [0, 0.05) is 14.1 Å². The average molecular weight is 415 g/mol. The number of benzene rings is 1. The van der Waals surface area contributed by atoms with Gasteiger partial charge in [0.1, 0.15) is 17.1 Å². The molecular formula is C20H25N5O5. The van der Waals surface area contributed by atoms with E-state index in [0.29, 0.717) is 5.76 Å². The van der Waals surface area contributed by atoms with Crippen molar-refractivity contribution in [2.75, 3.05) is 24.7 Å². The lowest BCUT2D eigenvalue weighted by molar-refractivity contribution is 0.0824. The Morgan fingerprint density at radius 2 is 1.73 bits per heavy atom. The molecule has 3 aromatic rings. The summed E-state index contributed by atoms with van der Waals surface area (Å²) in [5.74, 6) is -0.179. The molecule has 0 aliphatic rings. The Morgan fingerprint density at radius 1 is 1.07 bits per heavy atom. The first-order valence-electron chi connectivity index (χ1n) is 9.30. The first-order chi connectivity index (χ1) is 14.4. The van der Waals surface area contributed by atoms with Crippen LogP contribution in [-0.4, -0.2) is 40.2 Å². The highest BCUT2D eigenvalue weighted by molar-refractivity contribution is 5.98. The van der Waals surface area contributed by atoms with Crippen molar-refractivity contribution in [1.29, 1.82) is 0 Å². The summed E-state index contributed by atoms with van der Waals surface area (Å²) in [4.78, 5) is 38.0. The zero-order chi connectivity index (χ0) is 22.3. The van der Waals surface area contributed by atoms with Crippen molar-refractivity contribution in [3.05, 3.63) is 68.6 Å². The summed E-state index contributed by atoms with van der Waals surface area (Å²) in [7, 11) is 3.11. The van der Waals surface area contributed by atoms with Gasteiger partial charge in [0.15, 0.2) is 5.75 Å². The number of rotatable bonds is 6. The standard InChI is InChI=1S/C18H19N5O5.C2H6/c1-23(2)18(27)11-6-3-7-12(15(11)24)20-14-13(16(25)21-22-17(14)26)19-9-10-5-4-8-28-10;1-2/h3-8,24H,9H2,1-2H3,(H2,19,22,26)(H2,20,21,25);1-2H3. The van der Waals surface area contributed by atoms with Crippen LogP contribution >= 0.6 is 0 Å². The third kappa shape index (κ3) is 4.90. The summed E-state index contributed by atoms with van der Waals surface area (Å²) < 4.78 is 5.20. The number of phenolic OH excluding ortho intramolecular Hbond substituents is 1. The number of nitrogens with zero attached hydrogens (tertiary/aromatic N) is 1. The molecule has 160 valence electrons. The summed E-state index contributed by atoms with van der Waals surface area (Å²) >= 11 is 0. The number of aromatic amines is 2. The van der Waals surface area contributed by atoms with Crippen molar-refractivity contribution in [2.24, 2.45) is 0 Å². The number of H-pyrrole nitrogens is 2. The van der Waals surface area contributed by atoms with E-state index in [-0.39, 0.29) is 34.9 Å². The molecule has 0 saturated carbocycles. The van der Waals surface area contributed by atoms with Gasteiger partial charge in [-0.25, -0.2) is 0 Å². The molecule has 1 aromatic carbocycles. The summed E-state index contributed by atoms with van der Waals surface area (Å²) in [6.45, 7) is 4.17. The number of nitrogens with one attached hydrogen (secondary N) is 4. The molecule has 10 nitrogen and oxygen atoms in total. The van der Waals surface area contributed by atoms with Crippen LogP contribution in [0.2, 0.25) is 0 Å². The number of anilines is 3. The maximum Gasteiger partial charge on any atom is 0.288 e. The van der Waals surface area contributed by atoms with Crippen molar-refractivity contribution >= 4 is 23.0 Å². The van der Waals surface area contributed by atoms with Crippen LogP contribution in [0.5, 0.6) is 5.75 Å². The molecule has 5 N–H and O–H groups in total. The van der Waals surface area contributed by atoms with E-state index in [4.69, 9.17) is 4.42 Å². The van der Waals surface area contributed by atoms with E-state index in [1.165, 1.54) is 23.3 Å². The number of hydrogen-bond acceptors (Lipinski definition) is 7. The number of para-hydroxylation sites is 1. The fourth-order valence-electron chi connectivity index (χ4n) is 2.53. The number of aromatic hydroxyl groups is 1. The third-order valence-electron chi connectivity index (χ3n) is 3.95. The number of carbonyl (C=O) groups is 1. The smallest absolute Gasteiger partial charge is 0.288 e. The Bertz CT molecular complexity index is 1100. The summed E-state index contributed by atoms with van der Waals surface area (Å²) in [5.41, 5.74) is -1.19. The highest BCUT2D eigenvalue weighted by atomic mass is 16.3. The van der Waals surface area contributed by atoms with Crippen LogP contribution in [0.4, 0.5) is 17.1 Å². The minimum Gasteiger partial charge on any atom is -0.505 e. The van der Waals surface area contributed by atoms with Crippen molar-refractivity contribution in [3.8, 4) is 5.75 Å². The highest BCUT2D eigenvalue weighted by Crippen LogP contribution is 2.31. The van der Waals surface area contributed by atoms with E-state index in [1.807, 2.05) is 13.8 Å². The normalized spacial score (nSPS) is 10.0. The molecule has 0 aliphatic heterocycles. The van der Waals surface area contributed by atoms with Crippen LogP contribution in [0.1, 0.15) is 30.0 Å². The molecule has 0 fully saturated rings. The Hall–Kier alpha value is -3.95. The van der Waals surface area contributed by atoms with Crippen molar-refractivity contribution in [3.63, 3.8) is 0 Å². The quantitative estimate of drug-likeness (QED) is 0.389. The van der Waals surface area contributed by atoms with E-state index in [0.717, 1.165) is 0 Å². The van der Waals surface area contributed by atoms with Crippen LogP contribution in [0, 0.1) is 0 Å². The van der Waals surface area contributed by atoms with E-state index < -0.39 is 17.0 Å². The summed E-state index contributed by atoms with van der Waals surface area (Å²) in [5, 5.41) is 20.5. The van der Waals surface area contributed by atoms with Gasteiger partial charge in [-0.2, -0.15) is 0 Å². The Kier molecular flexibility index (Phi) is 7.45. The number of phenols is 1. The molecule has 30 heavy (non-hydrogen) atoms. The van der Waals surface area contributed by atoms with Gasteiger partial charge >= 0.3 is 0 Å². The fourth-order valence-corrected chi connectivity index (χ4v) is 2.53. The van der Waals surface area contributed by atoms with E-state index in [1.54, 1.807) is 32.3 Å². The van der Waals surface area contributed by atoms with Crippen molar-refractivity contribution in [2.45, 2.75) is 20.4 Å². The fraction of sp³-hybridized carbons (Fsp3) is 0.250. The monoisotopic (exact) mass is 415 g/mol. The first kappa shape index (κ1) is 22.3. The number of furan rings is 1. The molecule has 0 spiro atoms. The van der Waals surface area contributed by atoms with Crippen LogP contribution in [0.15, 0.2) is 50.6 Å². The molecule has 0 aliphatic carbocycles. The minimum absolute atomic E-state index is 0.0381. The van der Waals surface area contributed by atoms with Gasteiger partial charge in [-0.3, -0.25) is 24.6 Å². The van der Waals surface area contributed by atoms with Crippen molar-refractivity contribution in [1.82, 2.24) is 15.1 Å². The van der Waals surface area contributed by atoms with Crippen molar-refractivity contribution < 1.29 is 14.3 Å². The highest BCUT2D eigenvalue weighted by Gasteiger charge is 2.19. The molecule has 0 unspecified atom stereocenters. The molecule has 10 heteroatoms. The average Bonchev–Trinajstić information content (AvgIpc) is 3.26. The second kappa shape index (κ2) is 10.0. The second-order valence-corrected chi connectivity index (χ2v) is 6.12. The zero-order valence-electron chi connectivity index (χ0n) is 17.2. The molecular weight excluding hydrogens is 390 g/mol. The minimum atomic E-state index is -0.620. The number of carbonyl (C=O) groups excluding carboxylic acids is 1. The molecule has 1 amide bonds. The third-order valence-corrected chi connectivity index (χ3v) is 3.95. The molecule has 0 bridgehead atoms. The largest absolute Gasteiger partial charge is 0.505 e. The van der Waals surface area contributed by atoms with Gasteiger partial charge in [-0.1, -0.05) is 19.9 Å². The van der Waals surface area contributed by atoms with Crippen LogP contribution in [-0.2, 0) is 6.54 Å². The SMILES string of the molecule is CC.CN(C)C(=O)c1cccc(Nc2c(NCc3ccco3)c(=O)[nH][nH]c2=O)c1O. The summed E-state index contributed by atoms with van der Waals surface area (Å²) in [6, 6.07) is 7.91.